The number of rotatable bonds is 6. The lowest BCUT2D eigenvalue weighted by Crippen LogP contribution is -2.30. The van der Waals surface area contributed by atoms with Gasteiger partial charge in [0.1, 0.15) is 11.9 Å². The first-order chi connectivity index (χ1) is 12.5. The number of amides is 1. The second kappa shape index (κ2) is 7.76. The van der Waals surface area contributed by atoms with Crippen LogP contribution in [0.3, 0.4) is 0 Å². The van der Waals surface area contributed by atoms with Crippen molar-refractivity contribution in [3.05, 3.63) is 64.2 Å². The van der Waals surface area contributed by atoms with Gasteiger partial charge in [0.05, 0.1) is 11.9 Å². The first kappa shape index (κ1) is 18.2. The summed E-state index contributed by atoms with van der Waals surface area (Å²) in [5.41, 5.74) is 2.17. The highest BCUT2D eigenvalue weighted by atomic mass is 32.1. The van der Waals surface area contributed by atoms with Crippen molar-refractivity contribution in [2.24, 2.45) is 7.05 Å². The number of nitrogens with one attached hydrogen (secondary N) is 2. The highest BCUT2D eigenvalue weighted by Crippen LogP contribution is 2.27. The van der Waals surface area contributed by atoms with Crippen molar-refractivity contribution in [1.29, 1.82) is 0 Å². The fraction of sp³-hybridized carbons (Fsp3) is 0.278. The summed E-state index contributed by atoms with van der Waals surface area (Å²) in [6.07, 6.45) is 3.89. The van der Waals surface area contributed by atoms with Crippen molar-refractivity contribution < 1.29 is 9.18 Å². The molecule has 1 amide bonds. The van der Waals surface area contributed by atoms with Crippen LogP contribution in [0.15, 0.2) is 36.7 Å². The van der Waals surface area contributed by atoms with Gasteiger partial charge >= 0.3 is 0 Å². The van der Waals surface area contributed by atoms with E-state index in [0.717, 1.165) is 16.1 Å². The molecule has 1 unspecified atom stereocenters. The van der Waals surface area contributed by atoms with Crippen LogP contribution in [0.4, 0.5) is 9.52 Å². The number of benzene rings is 1. The summed E-state index contributed by atoms with van der Waals surface area (Å²) in [4.78, 5) is 17.9. The molecule has 6 nitrogen and oxygen atoms in total. The quantitative estimate of drug-likeness (QED) is 0.697. The third-order valence-electron chi connectivity index (χ3n) is 4.04. The summed E-state index contributed by atoms with van der Waals surface area (Å²) in [6.45, 7) is 1.86. The topological polar surface area (TPSA) is 71.8 Å². The van der Waals surface area contributed by atoms with E-state index < -0.39 is 6.04 Å². The van der Waals surface area contributed by atoms with E-state index in [1.807, 2.05) is 13.0 Å². The molecule has 0 saturated carbocycles. The average molecular weight is 373 g/mol. The van der Waals surface area contributed by atoms with Gasteiger partial charge in [-0.25, -0.2) is 9.37 Å². The monoisotopic (exact) mass is 373 g/mol. The van der Waals surface area contributed by atoms with Gasteiger partial charge in [0.2, 0.25) is 5.91 Å². The Bertz CT molecular complexity index is 920. The van der Waals surface area contributed by atoms with Crippen LogP contribution >= 0.6 is 11.3 Å². The standard InChI is InChI=1S/C18H20FN5OS/c1-11-15(8-12-6-4-5-7-14(12)19)26-18(22-11)23-17(25)16(20-2)13-9-21-24(3)10-13/h4-7,9-10,16,20H,8H2,1-3H3,(H,22,23,25). The van der Waals surface area contributed by atoms with Crippen LogP contribution in [-0.2, 0) is 18.3 Å². The minimum absolute atomic E-state index is 0.216. The molecule has 0 spiro atoms. The Kier molecular flexibility index (Phi) is 5.43. The second-order valence-electron chi connectivity index (χ2n) is 5.95. The minimum Gasteiger partial charge on any atom is -0.305 e. The molecule has 1 aromatic carbocycles. The molecular weight excluding hydrogens is 353 g/mol. The summed E-state index contributed by atoms with van der Waals surface area (Å²) in [6, 6.07) is 6.15. The maximum atomic E-state index is 13.9. The third-order valence-corrected chi connectivity index (χ3v) is 5.11. The Hall–Kier alpha value is -2.58. The smallest absolute Gasteiger partial charge is 0.247 e. The number of hydrogen-bond donors (Lipinski definition) is 2. The highest BCUT2D eigenvalue weighted by molar-refractivity contribution is 7.15. The number of carbonyl (C=O) groups excluding carboxylic acids is 1. The zero-order chi connectivity index (χ0) is 18.7. The molecule has 0 fully saturated rings. The van der Waals surface area contributed by atoms with Gasteiger partial charge < -0.3 is 10.6 Å². The zero-order valence-electron chi connectivity index (χ0n) is 14.8. The molecule has 2 aromatic heterocycles. The lowest BCUT2D eigenvalue weighted by Gasteiger charge is -2.12. The summed E-state index contributed by atoms with van der Waals surface area (Å²) in [5, 5.41) is 10.4. The van der Waals surface area contributed by atoms with Crippen LogP contribution in [0.5, 0.6) is 0 Å². The normalized spacial score (nSPS) is 12.2. The first-order valence-electron chi connectivity index (χ1n) is 8.14. The Balaban J connectivity index is 1.74. The number of likely N-dealkylation sites (N-methyl/N-ethyl adjacent to an activating group) is 1. The Morgan fingerprint density at radius 3 is 2.81 bits per heavy atom. The van der Waals surface area contributed by atoms with Crippen molar-refractivity contribution in [3.8, 4) is 0 Å². The molecule has 0 bridgehead atoms. The van der Waals surface area contributed by atoms with Crippen molar-refractivity contribution in [2.45, 2.75) is 19.4 Å². The van der Waals surface area contributed by atoms with Gasteiger partial charge in [-0.15, -0.1) is 11.3 Å². The molecular formula is C18H20FN5OS. The number of anilines is 1. The van der Waals surface area contributed by atoms with E-state index in [1.54, 1.807) is 43.3 Å². The van der Waals surface area contributed by atoms with Crippen LogP contribution in [0, 0.1) is 12.7 Å². The second-order valence-corrected chi connectivity index (χ2v) is 7.04. The first-order valence-corrected chi connectivity index (χ1v) is 8.96. The number of carbonyl (C=O) groups is 1. The fourth-order valence-corrected chi connectivity index (χ4v) is 3.66. The number of aromatic nitrogens is 3. The Morgan fingerprint density at radius 1 is 1.38 bits per heavy atom. The van der Waals surface area contributed by atoms with E-state index in [4.69, 9.17) is 0 Å². The van der Waals surface area contributed by atoms with Gasteiger partial charge in [0, 0.05) is 30.1 Å². The third kappa shape index (κ3) is 3.97. The number of hydrogen-bond acceptors (Lipinski definition) is 5. The van der Waals surface area contributed by atoms with Crippen molar-refractivity contribution >= 4 is 22.4 Å². The molecule has 3 aromatic rings. The predicted octanol–water partition coefficient (Wildman–Crippen LogP) is 2.81. The van der Waals surface area contributed by atoms with Crippen molar-refractivity contribution in [3.63, 3.8) is 0 Å². The zero-order valence-corrected chi connectivity index (χ0v) is 15.6. The van der Waals surface area contributed by atoms with E-state index >= 15 is 0 Å². The maximum absolute atomic E-state index is 13.9. The molecule has 0 saturated heterocycles. The Morgan fingerprint density at radius 2 is 2.15 bits per heavy atom. The molecule has 8 heteroatoms. The van der Waals surface area contributed by atoms with Gasteiger partial charge in [-0.1, -0.05) is 18.2 Å². The van der Waals surface area contributed by atoms with Crippen LogP contribution < -0.4 is 10.6 Å². The summed E-state index contributed by atoms with van der Waals surface area (Å²) in [7, 11) is 3.52. The molecule has 0 aliphatic heterocycles. The van der Waals surface area contributed by atoms with Crippen molar-refractivity contribution in [1.82, 2.24) is 20.1 Å². The van der Waals surface area contributed by atoms with E-state index in [9.17, 15) is 9.18 Å². The predicted molar refractivity (Wildman–Crippen MR) is 99.7 cm³/mol. The van der Waals surface area contributed by atoms with Gasteiger partial charge in [0.15, 0.2) is 5.13 Å². The van der Waals surface area contributed by atoms with E-state index in [-0.39, 0.29) is 11.7 Å². The number of halogens is 1. The number of thiazole rings is 1. The molecule has 2 heterocycles. The molecule has 3 rings (SSSR count). The van der Waals surface area contributed by atoms with Crippen molar-refractivity contribution in [2.75, 3.05) is 12.4 Å². The summed E-state index contributed by atoms with van der Waals surface area (Å²) < 4.78 is 15.5. The lowest BCUT2D eigenvalue weighted by atomic mass is 10.1. The van der Waals surface area contributed by atoms with Gasteiger partial charge in [-0.05, 0) is 25.6 Å². The van der Waals surface area contributed by atoms with Gasteiger partial charge in [-0.2, -0.15) is 5.10 Å². The highest BCUT2D eigenvalue weighted by Gasteiger charge is 2.22. The van der Waals surface area contributed by atoms with E-state index in [1.165, 1.54) is 17.4 Å². The molecule has 136 valence electrons. The number of nitrogens with zero attached hydrogens (tertiary/aromatic N) is 3. The number of aryl methyl sites for hydroxylation is 2. The van der Waals surface area contributed by atoms with E-state index in [2.05, 4.69) is 20.7 Å². The fourth-order valence-electron chi connectivity index (χ4n) is 2.68. The van der Waals surface area contributed by atoms with E-state index in [0.29, 0.717) is 17.1 Å². The summed E-state index contributed by atoms with van der Waals surface area (Å²) >= 11 is 1.36. The van der Waals surface area contributed by atoms with Crippen LogP contribution in [-0.4, -0.2) is 27.7 Å². The van der Waals surface area contributed by atoms with Crippen LogP contribution in [0.1, 0.15) is 27.7 Å². The SMILES string of the molecule is CNC(C(=O)Nc1nc(C)c(Cc2ccccc2F)s1)c1cnn(C)c1. The van der Waals surface area contributed by atoms with Gasteiger partial charge in [0.25, 0.3) is 0 Å². The van der Waals surface area contributed by atoms with Crippen LogP contribution in [0.25, 0.3) is 0 Å². The molecule has 0 radical (unpaired) electrons. The lowest BCUT2D eigenvalue weighted by molar-refractivity contribution is -0.118. The molecule has 0 aliphatic rings. The molecule has 26 heavy (non-hydrogen) atoms. The maximum Gasteiger partial charge on any atom is 0.247 e. The largest absolute Gasteiger partial charge is 0.305 e. The molecule has 0 aliphatic carbocycles. The summed E-state index contributed by atoms with van der Waals surface area (Å²) in [5.74, 6) is -0.454. The molecule has 1 atom stereocenters. The Labute approximate surface area is 155 Å². The minimum atomic E-state index is -0.525. The van der Waals surface area contributed by atoms with Gasteiger partial charge in [-0.3, -0.25) is 9.48 Å². The molecule has 2 N–H and O–H groups in total. The van der Waals surface area contributed by atoms with Crippen LogP contribution in [0.2, 0.25) is 0 Å². The average Bonchev–Trinajstić information content (AvgIpc) is 3.16.